The monoisotopic (exact) mass is 768 g/mol. The molecule has 1 unspecified atom stereocenters. The van der Waals surface area contributed by atoms with E-state index in [0.717, 1.165) is 51.4 Å². The topological polar surface area (TPSA) is 134 Å². The largest absolute Gasteiger partial charge is 0.472 e. The SMILES string of the molecule is C=CCCCCCCCCCCCCCCCC(=O)O[C@H](COC(=O)CCC/C=C/C/C=C/C/C=C/CCCCCCCC)COP(=O)(O)OCCN. The maximum atomic E-state index is 12.6. The average molecular weight is 768 g/mol. The fourth-order valence-corrected chi connectivity index (χ4v) is 6.45. The lowest BCUT2D eigenvalue weighted by Crippen LogP contribution is -2.29. The first-order chi connectivity index (χ1) is 25.8. The number of ether oxygens (including phenoxy) is 2. The summed E-state index contributed by atoms with van der Waals surface area (Å²) in [7, 11) is -4.39. The number of hydrogen-bond acceptors (Lipinski definition) is 8. The third kappa shape index (κ3) is 39.5. The van der Waals surface area contributed by atoms with Crippen LogP contribution in [0.3, 0.4) is 0 Å². The van der Waals surface area contributed by atoms with Crippen molar-refractivity contribution in [2.75, 3.05) is 26.4 Å². The highest BCUT2D eigenvalue weighted by Crippen LogP contribution is 2.43. The van der Waals surface area contributed by atoms with Gasteiger partial charge in [0.25, 0.3) is 0 Å². The molecule has 0 saturated carbocycles. The molecule has 9 nitrogen and oxygen atoms in total. The fourth-order valence-electron chi connectivity index (χ4n) is 5.69. The molecule has 0 heterocycles. The normalized spacial score (nSPS) is 13.6. The first-order valence-electron chi connectivity index (χ1n) is 21.1. The van der Waals surface area contributed by atoms with Crippen LogP contribution in [-0.4, -0.2) is 49.3 Å². The highest BCUT2D eigenvalue weighted by atomic mass is 31.2. The zero-order valence-electron chi connectivity index (χ0n) is 33.6. The Balaban J connectivity index is 4.23. The summed E-state index contributed by atoms with van der Waals surface area (Å²) < 4.78 is 32.7. The minimum atomic E-state index is -4.39. The zero-order chi connectivity index (χ0) is 38.9. The van der Waals surface area contributed by atoms with Gasteiger partial charge in [0, 0.05) is 19.4 Å². The molecule has 0 aromatic carbocycles. The summed E-state index contributed by atoms with van der Waals surface area (Å²) in [5.41, 5.74) is 5.34. The van der Waals surface area contributed by atoms with Crippen LogP contribution in [0, 0.1) is 0 Å². The Morgan fingerprint density at radius 1 is 0.623 bits per heavy atom. The lowest BCUT2D eigenvalue weighted by atomic mass is 10.0. The molecule has 0 rings (SSSR count). The number of nitrogens with two attached hydrogens (primary N) is 1. The number of phosphoric acid groups is 1. The van der Waals surface area contributed by atoms with E-state index in [0.29, 0.717) is 12.8 Å². The van der Waals surface area contributed by atoms with E-state index in [-0.39, 0.29) is 32.6 Å². The number of esters is 2. The van der Waals surface area contributed by atoms with Crippen molar-refractivity contribution in [2.24, 2.45) is 5.73 Å². The van der Waals surface area contributed by atoms with Crippen molar-refractivity contribution >= 4 is 19.8 Å². The summed E-state index contributed by atoms with van der Waals surface area (Å²) in [6.07, 6.45) is 43.3. The van der Waals surface area contributed by atoms with Gasteiger partial charge in [-0.3, -0.25) is 18.6 Å². The van der Waals surface area contributed by atoms with E-state index >= 15 is 0 Å². The molecule has 53 heavy (non-hydrogen) atoms. The van der Waals surface area contributed by atoms with Crippen LogP contribution in [0.25, 0.3) is 0 Å². The summed E-state index contributed by atoms with van der Waals surface area (Å²) in [6.45, 7) is 5.18. The van der Waals surface area contributed by atoms with Gasteiger partial charge in [-0.2, -0.15) is 0 Å². The second kappa shape index (κ2) is 39.7. The van der Waals surface area contributed by atoms with E-state index in [1.54, 1.807) is 0 Å². The van der Waals surface area contributed by atoms with Crippen molar-refractivity contribution in [3.63, 3.8) is 0 Å². The summed E-state index contributed by atoms with van der Waals surface area (Å²) >= 11 is 0. The highest BCUT2D eigenvalue weighted by molar-refractivity contribution is 7.47. The molecule has 3 N–H and O–H groups in total. The maximum Gasteiger partial charge on any atom is 0.472 e. The molecule has 2 atom stereocenters. The second-order valence-electron chi connectivity index (χ2n) is 13.9. The molecular formula is C43H78NO8P. The van der Waals surface area contributed by atoms with Crippen molar-refractivity contribution in [1.29, 1.82) is 0 Å². The molecule has 0 amide bonds. The second-order valence-corrected chi connectivity index (χ2v) is 15.4. The average Bonchev–Trinajstić information content (AvgIpc) is 3.14. The molecule has 0 saturated heterocycles. The number of carbonyl (C=O) groups is 2. The van der Waals surface area contributed by atoms with Crippen molar-refractivity contribution < 1.29 is 37.6 Å². The molecule has 0 aliphatic carbocycles. The smallest absolute Gasteiger partial charge is 0.462 e. The van der Waals surface area contributed by atoms with Crippen LogP contribution in [0.15, 0.2) is 49.1 Å². The van der Waals surface area contributed by atoms with Gasteiger partial charge in [0.2, 0.25) is 0 Å². The number of rotatable bonds is 40. The summed E-state index contributed by atoms with van der Waals surface area (Å²) in [5.74, 6) is -0.893. The van der Waals surface area contributed by atoms with Gasteiger partial charge in [0.1, 0.15) is 6.61 Å². The molecule has 0 aliphatic heterocycles. The van der Waals surface area contributed by atoms with Crippen LogP contribution in [0.4, 0.5) is 0 Å². The minimum Gasteiger partial charge on any atom is -0.462 e. The molecule has 0 aromatic rings. The van der Waals surface area contributed by atoms with Crippen molar-refractivity contribution in [3.05, 3.63) is 49.1 Å². The number of allylic oxidation sites excluding steroid dienone is 7. The van der Waals surface area contributed by atoms with Crippen LogP contribution in [0.1, 0.15) is 180 Å². The van der Waals surface area contributed by atoms with Crippen LogP contribution in [0.2, 0.25) is 0 Å². The van der Waals surface area contributed by atoms with E-state index in [1.165, 1.54) is 96.3 Å². The van der Waals surface area contributed by atoms with E-state index in [4.69, 9.17) is 24.3 Å². The fraction of sp³-hybridized carbons (Fsp3) is 0.767. The van der Waals surface area contributed by atoms with E-state index in [1.807, 2.05) is 6.08 Å². The lowest BCUT2D eigenvalue weighted by molar-refractivity contribution is -0.161. The lowest BCUT2D eigenvalue weighted by Gasteiger charge is -2.19. The van der Waals surface area contributed by atoms with Crippen LogP contribution < -0.4 is 5.73 Å². The Bertz CT molecular complexity index is 999. The van der Waals surface area contributed by atoms with Crippen molar-refractivity contribution in [3.8, 4) is 0 Å². The Kier molecular flexibility index (Phi) is 38.1. The van der Waals surface area contributed by atoms with Crippen LogP contribution in [-0.2, 0) is 32.7 Å². The summed E-state index contributed by atoms with van der Waals surface area (Å²) in [5, 5.41) is 0. The van der Waals surface area contributed by atoms with E-state index < -0.39 is 32.5 Å². The van der Waals surface area contributed by atoms with Crippen molar-refractivity contribution in [1.82, 2.24) is 0 Å². The molecule has 0 fully saturated rings. The van der Waals surface area contributed by atoms with Gasteiger partial charge in [-0.05, 0) is 57.8 Å². The van der Waals surface area contributed by atoms with Gasteiger partial charge in [0.15, 0.2) is 6.10 Å². The summed E-state index contributed by atoms with van der Waals surface area (Å²) in [6, 6.07) is 0. The first-order valence-corrected chi connectivity index (χ1v) is 22.6. The number of phosphoric ester groups is 1. The first kappa shape index (κ1) is 51.0. The molecule has 0 aliphatic rings. The molecule has 0 radical (unpaired) electrons. The Morgan fingerprint density at radius 2 is 1.09 bits per heavy atom. The van der Waals surface area contributed by atoms with Crippen LogP contribution in [0.5, 0.6) is 0 Å². The molecule has 0 bridgehead atoms. The Hall–Kier alpha value is -2.03. The molecular weight excluding hydrogens is 689 g/mol. The van der Waals surface area contributed by atoms with Crippen LogP contribution >= 0.6 is 7.82 Å². The van der Waals surface area contributed by atoms with Gasteiger partial charge in [-0.25, -0.2) is 4.57 Å². The van der Waals surface area contributed by atoms with E-state index in [2.05, 4.69) is 50.0 Å². The molecule has 10 heteroatoms. The molecule has 0 aromatic heterocycles. The van der Waals surface area contributed by atoms with E-state index in [9.17, 15) is 19.0 Å². The van der Waals surface area contributed by atoms with Gasteiger partial charge < -0.3 is 20.1 Å². The minimum absolute atomic E-state index is 0.0454. The van der Waals surface area contributed by atoms with Crippen molar-refractivity contribution in [2.45, 2.75) is 186 Å². The highest BCUT2D eigenvalue weighted by Gasteiger charge is 2.25. The Labute approximate surface area is 324 Å². The zero-order valence-corrected chi connectivity index (χ0v) is 34.5. The quantitative estimate of drug-likeness (QED) is 0.0270. The van der Waals surface area contributed by atoms with Gasteiger partial charge >= 0.3 is 19.8 Å². The van der Waals surface area contributed by atoms with Gasteiger partial charge in [-0.15, -0.1) is 6.58 Å². The number of unbranched alkanes of at least 4 members (excludes halogenated alkanes) is 20. The molecule has 0 spiro atoms. The predicted octanol–water partition coefficient (Wildman–Crippen LogP) is 11.9. The van der Waals surface area contributed by atoms with Gasteiger partial charge in [-0.1, -0.05) is 152 Å². The standard InChI is InChI=1S/C43H78NO8P/c1-3-5-7-9-11-13-15-17-19-20-22-23-25-27-29-31-33-35-42(45)49-39-41(40-51-53(47,48)50-38-37-44)52-43(46)36-34-32-30-28-26-24-21-18-16-14-12-10-8-6-4-2/h4,17,19,22-23,27,29,41H,2-3,5-16,18,20-21,24-26,28,30-40,44H2,1H3,(H,47,48)/b19-17+,23-22+,29-27+/t41-/m1/s1. The predicted molar refractivity (Wildman–Crippen MR) is 220 cm³/mol. The third-order valence-corrected chi connectivity index (χ3v) is 9.82. The number of hydrogen-bond donors (Lipinski definition) is 2. The maximum absolute atomic E-state index is 12.6. The van der Waals surface area contributed by atoms with Gasteiger partial charge in [0.05, 0.1) is 13.2 Å². The number of carbonyl (C=O) groups excluding carboxylic acids is 2. The molecule has 308 valence electrons. The third-order valence-electron chi connectivity index (χ3n) is 8.83. The Morgan fingerprint density at radius 3 is 1.64 bits per heavy atom. The summed E-state index contributed by atoms with van der Waals surface area (Å²) in [4.78, 5) is 34.8.